The number of hydrogen-bond donors (Lipinski definition) is 0. The van der Waals surface area contributed by atoms with Crippen molar-refractivity contribution in [2.75, 3.05) is 16.6 Å². The van der Waals surface area contributed by atoms with Gasteiger partial charge in [0.1, 0.15) is 6.67 Å². The van der Waals surface area contributed by atoms with E-state index in [9.17, 15) is 0 Å². The summed E-state index contributed by atoms with van der Waals surface area (Å²) in [5.74, 6) is 0.937. The minimum absolute atomic E-state index is 0.00899. The van der Waals surface area contributed by atoms with Crippen molar-refractivity contribution in [3.05, 3.63) is 192 Å². The molecular weight excluding hydrogens is 667 g/mol. The third-order valence-corrected chi connectivity index (χ3v) is 10.7. The van der Waals surface area contributed by atoms with Crippen LogP contribution in [0.1, 0.15) is 48.6 Å². The Labute approximate surface area is 326 Å². The summed E-state index contributed by atoms with van der Waals surface area (Å²) in [5, 5.41) is 7.39. The van der Waals surface area contributed by atoms with Crippen molar-refractivity contribution in [3.8, 4) is 22.5 Å². The topological polar surface area (TPSA) is 31.7 Å². The van der Waals surface area contributed by atoms with Crippen molar-refractivity contribution in [2.24, 2.45) is 5.10 Å². The van der Waals surface area contributed by atoms with E-state index in [4.69, 9.17) is 10.1 Å². The second-order valence-electron chi connectivity index (χ2n) is 15.8. The maximum Gasteiger partial charge on any atom is 0.242 e. The molecule has 1 aliphatic heterocycles. The van der Waals surface area contributed by atoms with E-state index in [-0.39, 0.29) is 12.1 Å². The van der Waals surface area contributed by atoms with E-state index in [1.807, 2.05) is 0 Å². The Balaban J connectivity index is 1.25. The van der Waals surface area contributed by atoms with Crippen LogP contribution in [-0.2, 0) is 5.41 Å². The van der Waals surface area contributed by atoms with E-state index in [0.717, 1.165) is 45.3 Å². The Kier molecular flexibility index (Phi) is 9.71. The van der Waals surface area contributed by atoms with Crippen molar-refractivity contribution in [1.29, 1.82) is 0 Å². The second kappa shape index (κ2) is 14.9. The Morgan fingerprint density at radius 2 is 1.05 bits per heavy atom. The average molecular weight is 715 g/mol. The number of aromatic nitrogens is 1. The van der Waals surface area contributed by atoms with Gasteiger partial charge in [0.2, 0.25) is 6.71 Å². The average Bonchev–Trinajstić information content (AvgIpc) is 3.66. The van der Waals surface area contributed by atoms with Crippen LogP contribution in [0, 0.1) is 20.8 Å². The second-order valence-corrected chi connectivity index (χ2v) is 15.8. The first-order chi connectivity index (χ1) is 26.6. The van der Waals surface area contributed by atoms with Crippen molar-refractivity contribution >= 4 is 40.3 Å². The highest BCUT2D eigenvalue weighted by Crippen LogP contribution is 2.31. The summed E-state index contributed by atoms with van der Waals surface area (Å²) in [4.78, 5) is 7.58. The summed E-state index contributed by atoms with van der Waals surface area (Å²) in [6, 6.07) is 58.7. The summed E-state index contributed by atoms with van der Waals surface area (Å²) in [6.07, 6.45) is 0. The first kappa shape index (κ1) is 35.8. The molecule has 0 radical (unpaired) electrons. The van der Waals surface area contributed by atoms with Gasteiger partial charge in [0.25, 0.3) is 0 Å². The van der Waals surface area contributed by atoms with Gasteiger partial charge in [-0.1, -0.05) is 181 Å². The highest BCUT2D eigenvalue weighted by atomic mass is 15.6. The highest BCUT2D eigenvalue weighted by molar-refractivity contribution is 6.96. The molecule has 0 N–H and O–H groups in total. The van der Waals surface area contributed by atoms with Crippen molar-refractivity contribution in [3.63, 3.8) is 0 Å². The standard InChI is InChI=1S/C50H47BN4/c1-35-28-36(2)48(37(3)29-35)51(42-23-16-22-40(30-42)47-32-41(50(4,5)6)31-46(52-47)38-18-10-7-11-19-38)43-24-17-27-45(33-43)55-34-54(44-25-14-9-15-26-44)49(53-55)39-20-12-8-13-21-39/h7-33H,34H2,1-6H3. The van der Waals surface area contributed by atoms with Gasteiger partial charge in [-0.2, -0.15) is 5.10 Å². The zero-order valence-electron chi connectivity index (χ0n) is 32.7. The SMILES string of the molecule is Cc1cc(C)c(B(c2cccc(-c3cc(C(C)(C)C)cc(-c4ccccc4)n3)c2)c2cccc(N3CN(c4ccccc4)C(c4ccccc4)=N3)c2)c(C)c1. The molecule has 0 unspecified atom stereocenters. The molecule has 4 nitrogen and oxygen atoms in total. The summed E-state index contributed by atoms with van der Waals surface area (Å²) in [6.45, 7) is 14.1. The molecule has 5 heteroatoms. The molecule has 2 heterocycles. The molecule has 0 amide bonds. The first-order valence-corrected chi connectivity index (χ1v) is 19.2. The van der Waals surface area contributed by atoms with Crippen LogP contribution >= 0.6 is 0 Å². The zero-order valence-corrected chi connectivity index (χ0v) is 32.7. The van der Waals surface area contributed by atoms with Gasteiger partial charge in [-0.25, -0.2) is 9.99 Å². The van der Waals surface area contributed by atoms with Gasteiger partial charge >= 0.3 is 0 Å². The minimum Gasteiger partial charge on any atom is -0.304 e. The van der Waals surface area contributed by atoms with Crippen LogP contribution in [0.3, 0.4) is 0 Å². The van der Waals surface area contributed by atoms with E-state index < -0.39 is 0 Å². The molecule has 0 spiro atoms. The third kappa shape index (κ3) is 7.48. The summed E-state index contributed by atoms with van der Waals surface area (Å²) in [7, 11) is 0. The van der Waals surface area contributed by atoms with Gasteiger partial charge in [-0.15, -0.1) is 0 Å². The number of nitrogens with zero attached hydrogens (tertiary/aromatic N) is 4. The monoisotopic (exact) mass is 714 g/mol. The van der Waals surface area contributed by atoms with Gasteiger partial charge in [0.05, 0.1) is 17.1 Å². The fourth-order valence-corrected chi connectivity index (χ4v) is 7.94. The van der Waals surface area contributed by atoms with E-state index >= 15 is 0 Å². The molecule has 6 aromatic carbocycles. The fraction of sp³-hybridized carbons (Fsp3) is 0.160. The first-order valence-electron chi connectivity index (χ1n) is 19.2. The zero-order chi connectivity index (χ0) is 38.1. The van der Waals surface area contributed by atoms with Crippen molar-refractivity contribution < 1.29 is 0 Å². The van der Waals surface area contributed by atoms with Gasteiger partial charge in [-0.3, -0.25) is 0 Å². The summed E-state index contributed by atoms with van der Waals surface area (Å²) in [5.41, 5.74) is 16.3. The molecule has 270 valence electrons. The summed E-state index contributed by atoms with van der Waals surface area (Å²) < 4.78 is 0. The van der Waals surface area contributed by atoms with E-state index in [0.29, 0.717) is 6.67 Å². The Morgan fingerprint density at radius 3 is 1.69 bits per heavy atom. The largest absolute Gasteiger partial charge is 0.304 e. The molecule has 0 saturated carbocycles. The third-order valence-electron chi connectivity index (χ3n) is 10.7. The molecule has 0 saturated heterocycles. The Hall–Kier alpha value is -6.20. The van der Waals surface area contributed by atoms with E-state index in [2.05, 4.69) is 215 Å². The predicted molar refractivity (Wildman–Crippen MR) is 235 cm³/mol. The molecule has 1 aromatic heterocycles. The van der Waals surface area contributed by atoms with Crippen LogP contribution in [0.25, 0.3) is 22.5 Å². The number of aryl methyl sites for hydroxylation is 3. The van der Waals surface area contributed by atoms with Crippen LogP contribution in [0.15, 0.2) is 169 Å². The molecule has 0 fully saturated rings. The number of amidine groups is 1. The molecule has 55 heavy (non-hydrogen) atoms. The molecular formula is C50H47BN4. The lowest BCUT2D eigenvalue weighted by Crippen LogP contribution is -2.54. The van der Waals surface area contributed by atoms with Crippen LogP contribution in [0.4, 0.5) is 11.4 Å². The smallest absolute Gasteiger partial charge is 0.242 e. The molecule has 8 rings (SSSR count). The van der Waals surface area contributed by atoms with Gasteiger partial charge in [-0.05, 0) is 73.7 Å². The number of anilines is 2. The van der Waals surface area contributed by atoms with Crippen LogP contribution < -0.4 is 26.3 Å². The maximum atomic E-state index is 5.28. The number of hydrazone groups is 1. The molecule has 1 aliphatic rings. The molecule has 0 atom stereocenters. The quantitative estimate of drug-likeness (QED) is 0.147. The van der Waals surface area contributed by atoms with Crippen molar-refractivity contribution in [2.45, 2.75) is 47.0 Å². The lowest BCUT2D eigenvalue weighted by atomic mass is 9.35. The lowest BCUT2D eigenvalue weighted by Gasteiger charge is -2.24. The predicted octanol–water partition coefficient (Wildman–Crippen LogP) is 9.80. The van der Waals surface area contributed by atoms with Crippen LogP contribution in [0.2, 0.25) is 0 Å². The fourth-order valence-electron chi connectivity index (χ4n) is 7.94. The normalized spacial score (nSPS) is 12.9. The van der Waals surface area contributed by atoms with E-state index in [1.54, 1.807) is 0 Å². The summed E-state index contributed by atoms with van der Waals surface area (Å²) >= 11 is 0. The number of rotatable bonds is 8. The van der Waals surface area contributed by atoms with Crippen molar-refractivity contribution in [1.82, 2.24) is 4.98 Å². The lowest BCUT2D eigenvalue weighted by molar-refractivity contribution is 0.590. The van der Waals surface area contributed by atoms with Gasteiger partial charge in [0, 0.05) is 16.8 Å². The van der Waals surface area contributed by atoms with Crippen LogP contribution in [0.5, 0.6) is 0 Å². The Bertz CT molecular complexity index is 2460. The van der Waals surface area contributed by atoms with Gasteiger partial charge < -0.3 is 4.90 Å². The highest BCUT2D eigenvalue weighted by Gasteiger charge is 2.30. The molecule has 0 aliphatic carbocycles. The number of benzene rings is 6. The molecule has 7 aromatic rings. The Morgan fingerprint density at radius 1 is 0.527 bits per heavy atom. The van der Waals surface area contributed by atoms with Crippen LogP contribution in [-0.4, -0.2) is 24.2 Å². The van der Waals surface area contributed by atoms with Gasteiger partial charge in [0.15, 0.2) is 5.84 Å². The number of para-hydroxylation sites is 1. The number of hydrogen-bond acceptors (Lipinski definition) is 4. The van der Waals surface area contributed by atoms with E-state index in [1.165, 1.54) is 38.6 Å². The molecule has 0 bridgehead atoms. The number of pyridine rings is 1. The minimum atomic E-state index is -0.0353. The maximum absolute atomic E-state index is 5.28.